The first-order chi connectivity index (χ1) is 6.75. The third kappa shape index (κ3) is 1.49. The fourth-order valence-corrected chi connectivity index (χ4v) is 1.89. The molecule has 0 bridgehead atoms. The molecule has 0 unspecified atom stereocenters. The summed E-state index contributed by atoms with van der Waals surface area (Å²) in [6.45, 7) is 3.59. The van der Waals surface area contributed by atoms with Gasteiger partial charge in [0.15, 0.2) is 5.65 Å². The molecule has 1 aliphatic heterocycles. The number of aromatic nitrogens is 3. The van der Waals surface area contributed by atoms with E-state index in [1.54, 1.807) is 4.52 Å². The molecule has 3 heterocycles. The number of fused-ring (bicyclic) bond motifs is 3. The summed E-state index contributed by atoms with van der Waals surface area (Å²) in [6, 6.07) is 0. The maximum absolute atomic E-state index is 5.97. The van der Waals surface area contributed by atoms with E-state index in [1.807, 2.05) is 13.1 Å². The first kappa shape index (κ1) is 10.7. The van der Waals surface area contributed by atoms with Crippen LogP contribution in [-0.4, -0.2) is 14.6 Å². The topological polar surface area (TPSA) is 42.2 Å². The predicted molar refractivity (Wildman–Crippen MR) is 60.5 cm³/mol. The molecule has 15 heavy (non-hydrogen) atoms. The van der Waals surface area contributed by atoms with Crippen molar-refractivity contribution >= 4 is 29.7 Å². The van der Waals surface area contributed by atoms with Crippen LogP contribution in [0.2, 0.25) is 5.02 Å². The molecule has 0 amide bonds. The van der Waals surface area contributed by atoms with E-state index < -0.39 is 0 Å². The van der Waals surface area contributed by atoms with Crippen molar-refractivity contribution in [2.75, 3.05) is 0 Å². The molecule has 6 heteroatoms. The number of hydrogen-bond acceptors (Lipinski definition) is 3. The molecular formula is C9H10Cl2N4. The molecule has 1 aliphatic rings. The zero-order valence-electron chi connectivity index (χ0n) is 8.12. The second-order valence-electron chi connectivity index (χ2n) is 3.47. The molecule has 1 N–H and O–H groups in total. The van der Waals surface area contributed by atoms with Crippen molar-refractivity contribution in [3.05, 3.63) is 28.2 Å². The van der Waals surface area contributed by atoms with Crippen LogP contribution < -0.4 is 5.32 Å². The summed E-state index contributed by atoms with van der Waals surface area (Å²) in [5.41, 5.74) is 4.06. The molecule has 0 atom stereocenters. The van der Waals surface area contributed by atoms with Crippen LogP contribution in [0.3, 0.4) is 0 Å². The molecule has 0 saturated heterocycles. The Labute approximate surface area is 98.1 Å². The van der Waals surface area contributed by atoms with E-state index in [9.17, 15) is 0 Å². The van der Waals surface area contributed by atoms with Gasteiger partial charge in [-0.05, 0) is 6.92 Å². The number of nitrogens with zero attached hydrogens (tertiary/aromatic N) is 3. The van der Waals surface area contributed by atoms with Crippen molar-refractivity contribution in [3.63, 3.8) is 0 Å². The minimum absolute atomic E-state index is 0. The van der Waals surface area contributed by atoms with Gasteiger partial charge in [-0.3, -0.25) is 0 Å². The summed E-state index contributed by atoms with van der Waals surface area (Å²) in [6.07, 6.45) is 1.82. The molecule has 0 aliphatic carbocycles. The number of aryl methyl sites for hydroxylation is 1. The third-order valence-corrected chi connectivity index (χ3v) is 2.88. The lowest BCUT2D eigenvalue weighted by Crippen LogP contribution is -2.04. The molecular weight excluding hydrogens is 235 g/mol. The van der Waals surface area contributed by atoms with Crippen LogP contribution in [0.4, 0.5) is 0 Å². The lowest BCUT2D eigenvalue weighted by molar-refractivity contribution is 0.733. The SMILES string of the molecule is Cc1nc2c3c(nn2cc1Cl)CNC3.Cl. The van der Waals surface area contributed by atoms with E-state index >= 15 is 0 Å². The highest BCUT2D eigenvalue weighted by atomic mass is 35.5. The van der Waals surface area contributed by atoms with Crippen molar-refractivity contribution in [2.24, 2.45) is 0 Å². The lowest BCUT2D eigenvalue weighted by Gasteiger charge is -1.99. The van der Waals surface area contributed by atoms with Gasteiger partial charge in [-0.15, -0.1) is 12.4 Å². The Morgan fingerprint density at radius 1 is 1.47 bits per heavy atom. The molecule has 0 radical (unpaired) electrons. The van der Waals surface area contributed by atoms with E-state index in [2.05, 4.69) is 15.4 Å². The number of rotatable bonds is 0. The Hall–Kier alpha value is -0.840. The average Bonchev–Trinajstić information content (AvgIpc) is 2.68. The predicted octanol–water partition coefficient (Wildman–Crippen LogP) is 1.72. The van der Waals surface area contributed by atoms with Gasteiger partial charge >= 0.3 is 0 Å². The smallest absolute Gasteiger partial charge is 0.160 e. The van der Waals surface area contributed by atoms with Gasteiger partial charge in [0.1, 0.15) is 0 Å². The van der Waals surface area contributed by atoms with Crippen LogP contribution in [0.5, 0.6) is 0 Å². The monoisotopic (exact) mass is 244 g/mol. The van der Waals surface area contributed by atoms with Gasteiger partial charge in [0.25, 0.3) is 0 Å². The highest BCUT2D eigenvalue weighted by Gasteiger charge is 2.19. The van der Waals surface area contributed by atoms with Crippen molar-refractivity contribution in [3.8, 4) is 0 Å². The fourth-order valence-electron chi connectivity index (χ4n) is 1.76. The Morgan fingerprint density at radius 2 is 2.27 bits per heavy atom. The average molecular weight is 245 g/mol. The van der Waals surface area contributed by atoms with Crippen molar-refractivity contribution in [1.29, 1.82) is 0 Å². The minimum Gasteiger partial charge on any atom is -0.307 e. The number of halogens is 2. The summed E-state index contributed by atoms with van der Waals surface area (Å²) >= 11 is 5.97. The van der Waals surface area contributed by atoms with Gasteiger partial charge in [0, 0.05) is 18.7 Å². The second kappa shape index (κ2) is 3.63. The van der Waals surface area contributed by atoms with Crippen molar-refractivity contribution < 1.29 is 0 Å². The van der Waals surface area contributed by atoms with Crippen molar-refractivity contribution in [2.45, 2.75) is 20.0 Å². The molecule has 2 aromatic heterocycles. The summed E-state index contributed by atoms with van der Waals surface area (Å²) in [4.78, 5) is 4.44. The summed E-state index contributed by atoms with van der Waals surface area (Å²) in [7, 11) is 0. The van der Waals surface area contributed by atoms with Gasteiger partial charge in [-0.2, -0.15) is 5.10 Å². The van der Waals surface area contributed by atoms with Gasteiger partial charge in [0.05, 0.1) is 22.6 Å². The quantitative estimate of drug-likeness (QED) is 0.768. The fraction of sp³-hybridized carbons (Fsp3) is 0.333. The Bertz CT molecular complexity index is 520. The third-order valence-electron chi connectivity index (χ3n) is 2.51. The van der Waals surface area contributed by atoms with Crippen LogP contribution in [0.25, 0.3) is 5.65 Å². The number of nitrogens with one attached hydrogen (secondary N) is 1. The van der Waals surface area contributed by atoms with Gasteiger partial charge in [-0.25, -0.2) is 9.50 Å². The minimum atomic E-state index is 0. The first-order valence-electron chi connectivity index (χ1n) is 4.49. The Balaban J connectivity index is 0.000000853. The largest absolute Gasteiger partial charge is 0.307 e. The molecule has 0 fully saturated rings. The zero-order valence-corrected chi connectivity index (χ0v) is 9.69. The van der Waals surface area contributed by atoms with Gasteiger partial charge in [-0.1, -0.05) is 11.6 Å². The summed E-state index contributed by atoms with van der Waals surface area (Å²) < 4.78 is 1.76. The Morgan fingerprint density at radius 3 is 3.07 bits per heavy atom. The standard InChI is InChI=1S/C9H9ClN4.ClH/c1-5-7(10)4-14-9(12-5)6-2-11-3-8(6)13-14;/h4,11H,2-3H2,1H3;1H. The van der Waals surface area contributed by atoms with Gasteiger partial charge in [0.2, 0.25) is 0 Å². The van der Waals surface area contributed by atoms with Crippen LogP contribution in [0.1, 0.15) is 17.0 Å². The molecule has 0 spiro atoms. The van der Waals surface area contributed by atoms with E-state index in [4.69, 9.17) is 11.6 Å². The molecule has 80 valence electrons. The van der Waals surface area contributed by atoms with E-state index in [0.29, 0.717) is 5.02 Å². The summed E-state index contributed by atoms with van der Waals surface area (Å²) in [5.74, 6) is 0. The molecule has 0 aromatic carbocycles. The van der Waals surface area contributed by atoms with Crippen LogP contribution in [0.15, 0.2) is 6.20 Å². The highest BCUT2D eigenvalue weighted by Crippen LogP contribution is 2.21. The molecule has 4 nitrogen and oxygen atoms in total. The highest BCUT2D eigenvalue weighted by molar-refractivity contribution is 6.31. The lowest BCUT2D eigenvalue weighted by atomic mass is 10.3. The van der Waals surface area contributed by atoms with Crippen molar-refractivity contribution in [1.82, 2.24) is 19.9 Å². The zero-order chi connectivity index (χ0) is 9.71. The second-order valence-corrected chi connectivity index (χ2v) is 3.88. The first-order valence-corrected chi connectivity index (χ1v) is 4.87. The van der Waals surface area contributed by atoms with Crippen LogP contribution in [-0.2, 0) is 13.1 Å². The summed E-state index contributed by atoms with van der Waals surface area (Å²) in [5, 5.41) is 8.31. The van der Waals surface area contributed by atoms with E-state index in [0.717, 1.165) is 30.1 Å². The normalized spacial score (nSPS) is 14.0. The molecule has 3 rings (SSSR count). The maximum atomic E-state index is 5.97. The molecule has 0 saturated carbocycles. The van der Waals surface area contributed by atoms with E-state index in [1.165, 1.54) is 5.56 Å². The maximum Gasteiger partial charge on any atom is 0.160 e. The van der Waals surface area contributed by atoms with Crippen LogP contribution >= 0.6 is 24.0 Å². The number of hydrogen-bond donors (Lipinski definition) is 1. The Kier molecular flexibility index (Phi) is 2.58. The van der Waals surface area contributed by atoms with Gasteiger partial charge < -0.3 is 5.32 Å². The van der Waals surface area contributed by atoms with E-state index in [-0.39, 0.29) is 12.4 Å². The van der Waals surface area contributed by atoms with Crippen LogP contribution in [0, 0.1) is 6.92 Å². The molecule has 2 aromatic rings.